The van der Waals surface area contributed by atoms with E-state index in [9.17, 15) is 4.79 Å². The zero-order chi connectivity index (χ0) is 14.4. The Balaban J connectivity index is 2.76. The Labute approximate surface area is 116 Å². The minimum Gasteiger partial charge on any atom is -0.382 e. The third kappa shape index (κ3) is 5.30. The molecule has 0 fully saturated rings. The van der Waals surface area contributed by atoms with Crippen LogP contribution >= 0.6 is 0 Å². The smallest absolute Gasteiger partial charge is 0.253 e. The molecule has 0 heterocycles. The molecule has 0 radical (unpaired) electrons. The minimum atomic E-state index is -0.0295. The molecule has 0 saturated carbocycles. The predicted octanol–water partition coefficient (Wildman–Crippen LogP) is 2.19. The van der Waals surface area contributed by atoms with Crippen molar-refractivity contribution in [1.29, 1.82) is 0 Å². The molecular weight excluding hydrogens is 238 g/mol. The topological polar surface area (TPSA) is 44.4 Å². The number of hydrogen-bond donors (Lipinski definition) is 2. The number of hydrogen-bond acceptors (Lipinski definition) is 3. The van der Waals surface area contributed by atoms with Crippen LogP contribution < -0.4 is 10.6 Å². The first kappa shape index (κ1) is 15.5. The van der Waals surface area contributed by atoms with Gasteiger partial charge in [-0.3, -0.25) is 4.79 Å². The lowest BCUT2D eigenvalue weighted by molar-refractivity contribution is 0.0935. The molecule has 1 rings (SSSR count). The van der Waals surface area contributed by atoms with E-state index in [0.717, 1.165) is 12.2 Å². The van der Waals surface area contributed by atoms with Crippen LogP contribution in [0.4, 0.5) is 5.69 Å². The van der Waals surface area contributed by atoms with E-state index in [1.807, 2.05) is 45.3 Å². The highest BCUT2D eigenvalue weighted by Gasteiger charge is 2.14. The summed E-state index contributed by atoms with van der Waals surface area (Å²) < 4.78 is 0. The van der Waals surface area contributed by atoms with Crippen LogP contribution in [0.15, 0.2) is 24.3 Å². The summed E-state index contributed by atoms with van der Waals surface area (Å²) in [5, 5.41) is 6.32. The van der Waals surface area contributed by atoms with Gasteiger partial charge in [0.1, 0.15) is 0 Å². The Bertz CT molecular complexity index is 416. The number of nitrogens with zero attached hydrogens (tertiary/aromatic N) is 1. The summed E-state index contributed by atoms with van der Waals surface area (Å²) in [6.07, 6.45) is 0. The van der Waals surface area contributed by atoms with Crippen molar-refractivity contribution in [1.82, 2.24) is 10.2 Å². The molecule has 1 amide bonds. The second-order valence-corrected chi connectivity index (χ2v) is 5.48. The van der Waals surface area contributed by atoms with Crippen molar-refractivity contribution in [2.45, 2.75) is 32.9 Å². The molecule has 1 unspecified atom stereocenters. The Kier molecular flexibility index (Phi) is 5.83. The fraction of sp³-hybridized carbons (Fsp3) is 0.533. The van der Waals surface area contributed by atoms with Gasteiger partial charge in [0.25, 0.3) is 5.91 Å². The highest BCUT2D eigenvalue weighted by molar-refractivity contribution is 5.99. The van der Waals surface area contributed by atoms with E-state index in [1.54, 1.807) is 0 Å². The molecule has 0 saturated heterocycles. The summed E-state index contributed by atoms with van der Waals surface area (Å²) in [6.45, 7) is 6.95. The van der Waals surface area contributed by atoms with Crippen LogP contribution in [0.3, 0.4) is 0 Å². The number of anilines is 1. The summed E-state index contributed by atoms with van der Waals surface area (Å²) in [6, 6.07) is 8.03. The van der Waals surface area contributed by atoms with Crippen LogP contribution in [0.1, 0.15) is 31.1 Å². The minimum absolute atomic E-state index is 0.0295. The number of amides is 1. The maximum atomic E-state index is 12.3. The van der Waals surface area contributed by atoms with E-state index in [1.165, 1.54) is 0 Å². The highest BCUT2D eigenvalue weighted by Crippen LogP contribution is 2.16. The third-order valence-corrected chi connectivity index (χ3v) is 2.63. The number of carbonyl (C=O) groups is 1. The second-order valence-electron chi connectivity index (χ2n) is 5.48. The monoisotopic (exact) mass is 263 g/mol. The fourth-order valence-electron chi connectivity index (χ4n) is 2.01. The maximum absolute atomic E-state index is 12.3. The Hall–Kier alpha value is -1.55. The van der Waals surface area contributed by atoms with E-state index in [-0.39, 0.29) is 11.9 Å². The van der Waals surface area contributed by atoms with Gasteiger partial charge in [-0.2, -0.15) is 0 Å². The van der Waals surface area contributed by atoms with Crippen LogP contribution in [-0.2, 0) is 0 Å². The number of rotatable bonds is 6. The summed E-state index contributed by atoms with van der Waals surface area (Å²) in [5.74, 6) is -0.0295. The molecule has 0 spiro atoms. The molecule has 0 aliphatic rings. The first-order valence-electron chi connectivity index (χ1n) is 6.71. The van der Waals surface area contributed by atoms with Crippen molar-refractivity contribution in [2.24, 2.45) is 0 Å². The summed E-state index contributed by atoms with van der Waals surface area (Å²) in [7, 11) is 3.99. The summed E-state index contributed by atoms with van der Waals surface area (Å²) in [5.41, 5.74) is 1.58. The van der Waals surface area contributed by atoms with Gasteiger partial charge in [-0.05, 0) is 47.0 Å². The van der Waals surface area contributed by atoms with Gasteiger partial charge in [0.15, 0.2) is 0 Å². The van der Waals surface area contributed by atoms with Crippen LogP contribution in [0.5, 0.6) is 0 Å². The van der Waals surface area contributed by atoms with Gasteiger partial charge in [-0.15, -0.1) is 0 Å². The van der Waals surface area contributed by atoms with Gasteiger partial charge >= 0.3 is 0 Å². The molecule has 0 aliphatic heterocycles. The largest absolute Gasteiger partial charge is 0.382 e. The van der Waals surface area contributed by atoms with Crippen molar-refractivity contribution in [3.63, 3.8) is 0 Å². The van der Waals surface area contributed by atoms with Crippen molar-refractivity contribution in [3.8, 4) is 0 Å². The molecule has 0 bridgehead atoms. The quantitative estimate of drug-likeness (QED) is 0.827. The van der Waals surface area contributed by atoms with E-state index in [0.29, 0.717) is 11.6 Å². The van der Waals surface area contributed by atoms with E-state index in [4.69, 9.17) is 0 Å². The van der Waals surface area contributed by atoms with Crippen LogP contribution in [-0.4, -0.2) is 43.5 Å². The van der Waals surface area contributed by atoms with Crippen molar-refractivity contribution in [3.05, 3.63) is 29.8 Å². The van der Waals surface area contributed by atoms with Gasteiger partial charge in [0.05, 0.1) is 5.56 Å². The van der Waals surface area contributed by atoms with Crippen molar-refractivity contribution in [2.75, 3.05) is 26.0 Å². The molecular formula is C15H25N3O. The third-order valence-electron chi connectivity index (χ3n) is 2.63. The van der Waals surface area contributed by atoms with Gasteiger partial charge in [0, 0.05) is 24.3 Å². The molecule has 19 heavy (non-hydrogen) atoms. The average molecular weight is 263 g/mol. The normalized spacial score (nSPS) is 12.6. The first-order chi connectivity index (χ1) is 8.90. The Morgan fingerprint density at radius 2 is 1.84 bits per heavy atom. The van der Waals surface area contributed by atoms with E-state index in [2.05, 4.69) is 29.4 Å². The van der Waals surface area contributed by atoms with Crippen molar-refractivity contribution >= 4 is 11.6 Å². The maximum Gasteiger partial charge on any atom is 0.253 e. The second kappa shape index (κ2) is 7.14. The lowest BCUT2D eigenvalue weighted by Gasteiger charge is -2.20. The van der Waals surface area contributed by atoms with Crippen LogP contribution in [0.2, 0.25) is 0 Å². The molecule has 1 aromatic rings. The lowest BCUT2D eigenvalue weighted by atomic mass is 10.1. The number of carbonyl (C=O) groups excluding carboxylic acids is 1. The number of likely N-dealkylation sites (N-methyl/N-ethyl adjacent to an activating group) is 1. The number of nitrogens with one attached hydrogen (secondary N) is 2. The van der Waals surface area contributed by atoms with Gasteiger partial charge in [0.2, 0.25) is 0 Å². The zero-order valence-electron chi connectivity index (χ0n) is 12.5. The van der Waals surface area contributed by atoms with E-state index < -0.39 is 0 Å². The first-order valence-corrected chi connectivity index (χ1v) is 6.71. The SMILES string of the molecule is CC(C)Nc1ccccc1C(=O)NC(C)CN(C)C. The lowest BCUT2D eigenvalue weighted by Crippen LogP contribution is -2.39. The molecule has 106 valence electrons. The Morgan fingerprint density at radius 1 is 1.21 bits per heavy atom. The standard InChI is InChI=1S/C15H25N3O/c1-11(2)16-14-9-7-6-8-13(14)15(19)17-12(3)10-18(4)5/h6-9,11-12,16H,10H2,1-5H3,(H,17,19). The van der Waals surface area contributed by atoms with E-state index >= 15 is 0 Å². The van der Waals surface area contributed by atoms with Gasteiger partial charge in [-0.25, -0.2) is 0 Å². The molecule has 1 aromatic carbocycles. The predicted molar refractivity (Wildman–Crippen MR) is 80.7 cm³/mol. The Morgan fingerprint density at radius 3 is 2.42 bits per heavy atom. The average Bonchev–Trinajstić information content (AvgIpc) is 2.27. The summed E-state index contributed by atoms with van der Waals surface area (Å²) >= 11 is 0. The number of benzene rings is 1. The van der Waals surface area contributed by atoms with Crippen molar-refractivity contribution < 1.29 is 4.79 Å². The molecule has 0 aromatic heterocycles. The molecule has 4 nitrogen and oxygen atoms in total. The highest BCUT2D eigenvalue weighted by atomic mass is 16.1. The van der Waals surface area contributed by atoms with Crippen LogP contribution in [0.25, 0.3) is 0 Å². The van der Waals surface area contributed by atoms with Gasteiger partial charge in [-0.1, -0.05) is 12.1 Å². The fourth-order valence-corrected chi connectivity index (χ4v) is 2.01. The van der Waals surface area contributed by atoms with Crippen LogP contribution in [0, 0.1) is 0 Å². The number of para-hydroxylation sites is 1. The zero-order valence-corrected chi connectivity index (χ0v) is 12.5. The molecule has 1 atom stereocenters. The molecule has 4 heteroatoms. The molecule has 2 N–H and O–H groups in total. The summed E-state index contributed by atoms with van der Waals surface area (Å²) in [4.78, 5) is 14.3. The van der Waals surface area contributed by atoms with Gasteiger partial charge < -0.3 is 15.5 Å². The molecule has 0 aliphatic carbocycles.